The molecule has 110 valence electrons. The summed E-state index contributed by atoms with van der Waals surface area (Å²) in [5.41, 5.74) is 9.24. The molecule has 0 saturated carbocycles. The fraction of sp³-hybridized carbons (Fsp3) is 0.375. The van der Waals surface area contributed by atoms with Gasteiger partial charge < -0.3 is 5.73 Å². The van der Waals surface area contributed by atoms with E-state index in [4.69, 9.17) is 10.8 Å². The van der Waals surface area contributed by atoms with Gasteiger partial charge in [-0.25, -0.2) is 0 Å². The van der Waals surface area contributed by atoms with Crippen molar-refractivity contribution in [1.82, 2.24) is 19.6 Å². The maximum atomic E-state index is 5.83. The molecule has 5 nitrogen and oxygen atoms in total. The van der Waals surface area contributed by atoms with E-state index in [9.17, 15) is 0 Å². The van der Waals surface area contributed by atoms with Gasteiger partial charge in [0, 0.05) is 24.2 Å². The Morgan fingerprint density at radius 3 is 2.86 bits per heavy atom. The van der Waals surface area contributed by atoms with Gasteiger partial charge in [-0.3, -0.25) is 9.36 Å². The van der Waals surface area contributed by atoms with E-state index in [2.05, 4.69) is 42.5 Å². The molecule has 0 aliphatic heterocycles. The molecule has 1 atom stereocenters. The Labute approximate surface area is 124 Å². The molecule has 2 aromatic heterocycles. The number of para-hydroxylation sites is 1. The topological polar surface area (TPSA) is 61.7 Å². The summed E-state index contributed by atoms with van der Waals surface area (Å²) in [6.45, 7) is 5.67. The zero-order valence-corrected chi connectivity index (χ0v) is 12.5. The van der Waals surface area contributed by atoms with Crippen molar-refractivity contribution in [2.75, 3.05) is 0 Å². The van der Waals surface area contributed by atoms with E-state index >= 15 is 0 Å². The molecule has 3 aromatic rings. The summed E-state index contributed by atoms with van der Waals surface area (Å²) in [6.07, 6.45) is 4.80. The molecule has 0 amide bonds. The summed E-state index contributed by atoms with van der Waals surface area (Å²) in [7, 11) is 0. The molecular weight excluding hydrogens is 262 g/mol. The van der Waals surface area contributed by atoms with Gasteiger partial charge in [0.05, 0.1) is 24.0 Å². The third-order valence-corrected chi connectivity index (χ3v) is 3.59. The van der Waals surface area contributed by atoms with Gasteiger partial charge in [0.25, 0.3) is 0 Å². The van der Waals surface area contributed by atoms with E-state index in [0.29, 0.717) is 6.54 Å². The van der Waals surface area contributed by atoms with Gasteiger partial charge in [-0.15, -0.1) is 0 Å². The monoisotopic (exact) mass is 283 g/mol. The van der Waals surface area contributed by atoms with Crippen LogP contribution in [0.4, 0.5) is 0 Å². The molecule has 2 heterocycles. The minimum atomic E-state index is 0.155. The lowest BCUT2D eigenvalue weighted by Gasteiger charge is -2.01. The molecule has 0 aliphatic carbocycles. The Bertz CT molecular complexity index is 738. The molecule has 3 rings (SSSR count). The summed E-state index contributed by atoms with van der Waals surface area (Å²) in [5, 5.41) is 10.3. The van der Waals surface area contributed by atoms with Crippen molar-refractivity contribution in [2.45, 2.75) is 39.4 Å². The highest BCUT2D eigenvalue weighted by Crippen LogP contribution is 2.19. The summed E-state index contributed by atoms with van der Waals surface area (Å²) in [4.78, 5) is 0. The minimum absolute atomic E-state index is 0.155. The van der Waals surface area contributed by atoms with Crippen LogP contribution < -0.4 is 5.73 Å². The van der Waals surface area contributed by atoms with Gasteiger partial charge in [0.15, 0.2) is 0 Å². The number of hydrogen-bond donors (Lipinski definition) is 1. The standard InChI is InChI=1S/C16H21N5/c1-3-21-16-7-5-4-6-14(16)15(19-21)11-20-10-13(9-18-20)8-12(2)17/h4-7,9-10,12H,3,8,11,17H2,1-2H3. The second-order valence-corrected chi connectivity index (χ2v) is 5.51. The van der Waals surface area contributed by atoms with Crippen LogP contribution >= 0.6 is 0 Å². The van der Waals surface area contributed by atoms with Crippen molar-refractivity contribution < 1.29 is 0 Å². The molecule has 0 spiro atoms. The van der Waals surface area contributed by atoms with Gasteiger partial charge >= 0.3 is 0 Å². The minimum Gasteiger partial charge on any atom is -0.328 e. The van der Waals surface area contributed by atoms with Crippen molar-refractivity contribution in [3.05, 3.63) is 47.9 Å². The molecule has 21 heavy (non-hydrogen) atoms. The maximum Gasteiger partial charge on any atom is 0.0918 e. The van der Waals surface area contributed by atoms with Crippen LogP contribution in [0.25, 0.3) is 10.9 Å². The summed E-state index contributed by atoms with van der Waals surface area (Å²) >= 11 is 0. The summed E-state index contributed by atoms with van der Waals surface area (Å²) < 4.78 is 3.98. The fourth-order valence-corrected chi connectivity index (χ4v) is 2.68. The third-order valence-electron chi connectivity index (χ3n) is 3.59. The Kier molecular flexibility index (Phi) is 3.75. The van der Waals surface area contributed by atoms with Crippen molar-refractivity contribution in [1.29, 1.82) is 0 Å². The van der Waals surface area contributed by atoms with E-state index in [1.807, 2.05) is 22.5 Å². The number of fused-ring (bicyclic) bond motifs is 1. The van der Waals surface area contributed by atoms with Crippen LogP contribution in [-0.4, -0.2) is 25.6 Å². The first-order valence-electron chi connectivity index (χ1n) is 7.38. The molecule has 0 bridgehead atoms. The number of hydrogen-bond acceptors (Lipinski definition) is 3. The van der Waals surface area contributed by atoms with Gasteiger partial charge in [0.1, 0.15) is 0 Å². The largest absolute Gasteiger partial charge is 0.328 e. The molecule has 0 fully saturated rings. The van der Waals surface area contributed by atoms with E-state index in [-0.39, 0.29) is 6.04 Å². The van der Waals surface area contributed by atoms with Crippen molar-refractivity contribution >= 4 is 10.9 Å². The van der Waals surface area contributed by atoms with Crippen LogP contribution in [0.3, 0.4) is 0 Å². The first kappa shape index (κ1) is 13.8. The number of nitrogens with two attached hydrogens (primary N) is 1. The molecule has 0 aliphatic rings. The van der Waals surface area contributed by atoms with Crippen LogP contribution in [-0.2, 0) is 19.5 Å². The number of aryl methyl sites for hydroxylation is 1. The quantitative estimate of drug-likeness (QED) is 0.780. The SMILES string of the molecule is CCn1nc(Cn2cc(CC(C)N)cn2)c2ccccc21. The van der Waals surface area contributed by atoms with Gasteiger partial charge in [0.2, 0.25) is 0 Å². The van der Waals surface area contributed by atoms with Crippen LogP contribution in [0.15, 0.2) is 36.7 Å². The molecule has 2 N–H and O–H groups in total. The zero-order valence-electron chi connectivity index (χ0n) is 12.5. The number of rotatable bonds is 5. The number of nitrogens with zero attached hydrogens (tertiary/aromatic N) is 4. The summed E-state index contributed by atoms with van der Waals surface area (Å²) in [5.74, 6) is 0. The lowest BCUT2D eigenvalue weighted by molar-refractivity contribution is 0.627. The fourth-order valence-electron chi connectivity index (χ4n) is 2.68. The normalized spacial score (nSPS) is 12.9. The Morgan fingerprint density at radius 2 is 2.10 bits per heavy atom. The van der Waals surface area contributed by atoms with Crippen LogP contribution in [0.5, 0.6) is 0 Å². The van der Waals surface area contributed by atoms with Crippen molar-refractivity contribution in [3.63, 3.8) is 0 Å². The second-order valence-electron chi connectivity index (χ2n) is 5.51. The maximum absolute atomic E-state index is 5.83. The third kappa shape index (κ3) is 2.83. The summed E-state index contributed by atoms with van der Waals surface area (Å²) in [6, 6.07) is 8.49. The Hall–Kier alpha value is -2.14. The predicted molar refractivity (Wildman–Crippen MR) is 84.1 cm³/mol. The lowest BCUT2D eigenvalue weighted by atomic mass is 10.1. The van der Waals surface area contributed by atoms with Crippen LogP contribution in [0.1, 0.15) is 25.1 Å². The van der Waals surface area contributed by atoms with Gasteiger partial charge in [-0.1, -0.05) is 18.2 Å². The second kappa shape index (κ2) is 5.69. The van der Waals surface area contributed by atoms with Gasteiger partial charge in [-0.2, -0.15) is 10.2 Å². The van der Waals surface area contributed by atoms with E-state index in [1.54, 1.807) is 0 Å². The molecular formula is C16H21N5. The molecule has 0 radical (unpaired) electrons. The van der Waals surface area contributed by atoms with Crippen molar-refractivity contribution in [3.8, 4) is 0 Å². The van der Waals surface area contributed by atoms with E-state index in [0.717, 1.165) is 18.7 Å². The number of benzene rings is 1. The highest BCUT2D eigenvalue weighted by atomic mass is 15.3. The smallest absolute Gasteiger partial charge is 0.0918 e. The Morgan fingerprint density at radius 1 is 1.29 bits per heavy atom. The Balaban J connectivity index is 1.89. The average Bonchev–Trinajstić information content (AvgIpc) is 3.04. The molecule has 5 heteroatoms. The highest BCUT2D eigenvalue weighted by molar-refractivity contribution is 5.81. The molecule has 1 aromatic carbocycles. The lowest BCUT2D eigenvalue weighted by Crippen LogP contribution is -2.17. The van der Waals surface area contributed by atoms with E-state index in [1.165, 1.54) is 16.5 Å². The molecule has 0 saturated heterocycles. The van der Waals surface area contributed by atoms with E-state index < -0.39 is 0 Å². The predicted octanol–water partition coefficient (Wildman–Crippen LogP) is 2.19. The highest BCUT2D eigenvalue weighted by Gasteiger charge is 2.10. The number of aromatic nitrogens is 4. The zero-order chi connectivity index (χ0) is 14.8. The van der Waals surface area contributed by atoms with Crippen LogP contribution in [0.2, 0.25) is 0 Å². The first-order chi connectivity index (χ1) is 10.2. The average molecular weight is 283 g/mol. The first-order valence-corrected chi connectivity index (χ1v) is 7.38. The van der Waals surface area contributed by atoms with Crippen LogP contribution in [0, 0.1) is 0 Å². The van der Waals surface area contributed by atoms with Gasteiger partial charge in [-0.05, 0) is 31.9 Å². The molecule has 1 unspecified atom stereocenters. The van der Waals surface area contributed by atoms with Crippen molar-refractivity contribution in [2.24, 2.45) is 5.73 Å².